The van der Waals surface area contributed by atoms with E-state index < -0.39 is 0 Å². The van der Waals surface area contributed by atoms with Crippen LogP contribution < -0.4 is 0 Å². The number of aromatic nitrogens is 4. The van der Waals surface area contributed by atoms with Crippen molar-refractivity contribution in [3.63, 3.8) is 0 Å². The number of furan rings is 1. The molecule has 0 fully saturated rings. The summed E-state index contributed by atoms with van der Waals surface area (Å²) in [7, 11) is 0. The van der Waals surface area contributed by atoms with Crippen LogP contribution in [0.15, 0.2) is 283 Å². The van der Waals surface area contributed by atoms with Crippen LogP contribution in [0.2, 0.25) is 0 Å². The maximum atomic E-state index is 6.73. The van der Waals surface area contributed by atoms with Gasteiger partial charge in [-0.15, -0.1) is 0 Å². The second-order valence-corrected chi connectivity index (χ2v) is 22.4. The summed E-state index contributed by atoms with van der Waals surface area (Å²) in [5.41, 5.74) is 23.0. The fourth-order valence-electron chi connectivity index (χ4n) is 13.9. The Balaban J connectivity index is 0.783. The maximum Gasteiger partial charge on any atom is 0.162 e. The van der Waals surface area contributed by atoms with Crippen molar-refractivity contribution in [2.75, 3.05) is 0 Å². The van der Waals surface area contributed by atoms with Crippen LogP contribution in [0.4, 0.5) is 0 Å². The molecule has 83 heavy (non-hydrogen) atoms. The van der Waals surface area contributed by atoms with Crippen LogP contribution in [0, 0.1) is 5.92 Å². The molecule has 5 heteroatoms. The fourth-order valence-corrected chi connectivity index (χ4v) is 13.9. The average molecular weight is 1060 g/mol. The highest BCUT2D eigenvalue weighted by Crippen LogP contribution is 2.52. The molecule has 2 unspecified atom stereocenters. The van der Waals surface area contributed by atoms with E-state index in [1.165, 1.54) is 55.2 Å². The number of fused-ring (bicyclic) bond motifs is 12. The van der Waals surface area contributed by atoms with Gasteiger partial charge in [-0.05, 0) is 159 Å². The summed E-state index contributed by atoms with van der Waals surface area (Å²) in [6, 6.07) is 94.5. The normalized spacial score (nSPS) is 14.8. The lowest BCUT2D eigenvalue weighted by Crippen LogP contribution is -2.10. The summed E-state index contributed by atoms with van der Waals surface area (Å²) >= 11 is 0. The van der Waals surface area contributed by atoms with Crippen molar-refractivity contribution >= 4 is 71.1 Å². The molecule has 17 rings (SSSR count). The smallest absolute Gasteiger partial charge is 0.162 e. The predicted octanol–water partition coefficient (Wildman–Crippen LogP) is 20.2. The quantitative estimate of drug-likeness (QED) is 0.145. The Labute approximate surface area is 480 Å². The monoisotopic (exact) mass is 1060 g/mol. The Hall–Kier alpha value is -10.6. The first-order chi connectivity index (χ1) is 41.1. The average Bonchev–Trinajstić information content (AvgIpc) is 4.49. The van der Waals surface area contributed by atoms with Gasteiger partial charge in [0.15, 0.2) is 5.82 Å². The van der Waals surface area contributed by atoms with Crippen molar-refractivity contribution in [1.82, 2.24) is 19.1 Å². The molecule has 390 valence electrons. The standard InChI is InChI=1S/C78H52N4O/c1-5-18-49(19-6-1)42-63-59-26-13-14-27-60(59)64-43-52(32-37-61(63)64)54-33-38-71-66(45-54)67-47-56(35-40-72(67)81(71)57-24-11-4-12-25-57)58-29-17-31-75-77(58)68-46-55(36-41-74(68)83-75)53-34-39-73-65(44-53)62-28-15-16-30-70(62)82(73)76-48-69(50-20-7-2-8-21-50)79-78(80-76)51-22-9-3-10-23-51/h1-25,27-41,43-48,59,63H,26,42H2. The van der Waals surface area contributed by atoms with E-state index in [1.807, 2.05) is 24.3 Å². The third-order valence-electron chi connectivity index (χ3n) is 17.7. The molecule has 2 aliphatic carbocycles. The van der Waals surface area contributed by atoms with Gasteiger partial charge < -0.3 is 8.98 Å². The molecule has 0 amide bonds. The lowest BCUT2D eigenvalue weighted by Gasteiger charge is -2.22. The van der Waals surface area contributed by atoms with E-state index >= 15 is 0 Å². The van der Waals surface area contributed by atoms with Crippen molar-refractivity contribution in [3.8, 4) is 67.5 Å². The van der Waals surface area contributed by atoms with E-state index in [2.05, 4.69) is 264 Å². The van der Waals surface area contributed by atoms with Crippen molar-refractivity contribution in [2.45, 2.75) is 18.8 Å². The minimum absolute atomic E-state index is 0.455. The Morgan fingerprint density at radius 3 is 1.76 bits per heavy atom. The van der Waals surface area contributed by atoms with Gasteiger partial charge in [0.05, 0.1) is 27.8 Å². The molecule has 11 aromatic carbocycles. The second-order valence-electron chi connectivity index (χ2n) is 22.4. The molecule has 0 saturated heterocycles. The van der Waals surface area contributed by atoms with E-state index in [9.17, 15) is 0 Å². The van der Waals surface area contributed by atoms with Crippen molar-refractivity contribution in [2.24, 2.45) is 5.92 Å². The molecule has 4 aromatic heterocycles. The number of benzene rings is 11. The first kappa shape index (κ1) is 47.2. The number of hydrogen-bond donors (Lipinski definition) is 0. The van der Waals surface area contributed by atoms with Gasteiger partial charge in [-0.25, -0.2) is 9.97 Å². The molecule has 15 aromatic rings. The molecule has 4 heterocycles. The van der Waals surface area contributed by atoms with Gasteiger partial charge in [0.2, 0.25) is 0 Å². The van der Waals surface area contributed by atoms with Gasteiger partial charge >= 0.3 is 0 Å². The molecule has 0 N–H and O–H groups in total. The highest BCUT2D eigenvalue weighted by molar-refractivity contribution is 6.17. The summed E-state index contributed by atoms with van der Waals surface area (Å²) in [5, 5.41) is 6.93. The third-order valence-corrected chi connectivity index (χ3v) is 17.7. The molecule has 2 atom stereocenters. The molecule has 2 aliphatic rings. The molecule has 0 aliphatic heterocycles. The van der Waals surface area contributed by atoms with Gasteiger partial charge in [-0.1, -0.05) is 194 Å². The van der Waals surface area contributed by atoms with Crippen molar-refractivity contribution in [3.05, 3.63) is 296 Å². The predicted molar refractivity (Wildman–Crippen MR) is 343 cm³/mol. The van der Waals surface area contributed by atoms with Gasteiger partial charge in [0.1, 0.15) is 17.0 Å². The molecular weight excluding hydrogens is 1010 g/mol. The van der Waals surface area contributed by atoms with Crippen molar-refractivity contribution in [1.29, 1.82) is 0 Å². The largest absolute Gasteiger partial charge is 0.456 e. The Bertz CT molecular complexity index is 5080. The van der Waals surface area contributed by atoms with Gasteiger partial charge in [-0.2, -0.15) is 0 Å². The Kier molecular flexibility index (Phi) is 10.8. The van der Waals surface area contributed by atoms with Crippen molar-refractivity contribution < 1.29 is 4.42 Å². The van der Waals surface area contributed by atoms with Crippen LogP contribution in [0.5, 0.6) is 0 Å². The van der Waals surface area contributed by atoms with E-state index in [4.69, 9.17) is 14.4 Å². The summed E-state index contributed by atoms with van der Waals surface area (Å²) < 4.78 is 11.4. The zero-order valence-corrected chi connectivity index (χ0v) is 45.3. The number of rotatable bonds is 9. The van der Waals surface area contributed by atoms with E-state index in [0.29, 0.717) is 17.7 Å². The number of hydrogen-bond acceptors (Lipinski definition) is 3. The summed E-state index contributed by atoms with van der Waals surface area (Å²) in [5.74, 6) is 2.45. The van der Waals surface area contributed by atoms with Crippen LogP contribution in [0.3, 0.4) is 0 Å². The summed E-state index contributed by atoms with van der Waals surface area (Å²) in [6.45, 7) is 0. The number of allylic oxidation sites excluding steroid dienone is 4. The molecule has 0 saturated carbocycles. The van der Waals surface area contributed by atoms with E-state index in [-0.39, 0.29) is 0 Å². The van der Waals surface area contributed by atoms with E-state index in [1.54, 1.807) is 0 Å². The minimum Gasteiger partial charge on any atom is -0.456 e. The maximum absolute atomic E-state index is 6.73. The fraction of sp³-hybridized carbons (Fsp3) is 0.0513. The lowest BCUT2D eigenvalue weighted by molar-refractivity contribution is 0.542. The van der Waals surface area contributed by atoms with Crippen LogP contribution in [0.1, 0.15) is 29.0 Å². The first-order valence-corrected chi connectivity index (χ1v) is 28.8. The van der Waals surface area contributed by atoms with Gasteiger partial charge in [0, 0.05) is 55.2 Å². The van der Waals surface area contributed by atoms with Gasteiger partial charge in [0.25, 0.3) is 0 Å². The highest BCUT2D eigenvalue weighted by atomic mass is 16.3. The van der Waals surface area contributed by atoms with Gasteiger partial charge in [-0.3, -0.25) is 4.57 Å². The minimum atomic E-state index is 0.455. The first-order valence-electron chi connectivity index (χ1n) is 28.8. The Morgan fingerprint density at radius 1 is 0.410 bits per heavy atom. The summed E-state index contributed by atoms with van der Waals surface area (Å²) in [6.07, 6.45) is 9.10. The highest BCUT2D eigenvalue weighted by Gasteiger charge is 2.37. The molecule has 5 nitrogen and oxygen atoms in total. The molecule has 0 bridgehead atoms. The zero-order chi connectivity index (χ0) is 54.5. The van der Waals surface area contributed by atoms with Crippen LogP contribution in [-0.2, 0) is 6.42 Å². The summed E-state index contributed by atoms with van der Waals surface area (Å²) in [4.78, 5) is 10.4. The second kappa shape index (κ2) is 19.0. The molecule has 0 radical (unpaired) electrons. The molecule has 0 spiro atoms. The topological polar surface area (TPSA) is 48.8 Å². The Morgan fingerprint density at radius 2 is 1.00 bits per heavy atom. The third kappa shape index (κ3) is 7.76. The lowest BCUT2D eigenvalue weighted by atomic mass is 9.82. The van der Waals surface area contributed by atoms with Crippen LogP contribution >= 0.6 is 0 Å². The van der Waals surface area contributed by atoms with Crippen LogP contribution in [-0.4, -0.2) is 19.1 Å². The number of nitrogens with zero attached hydrogens (tertiary/aromatic N) is 4. The number of para-hydroxylation sites is 2. The van der Waals surface area contributed by atoms with E-state index in [0.717, 1.165) is 107 Å². The SMILES string of the molecule is C1=CCC2C(=C1)c1cc(-c3ccc4c(c3)c3cc(-c5cccc6oc7ccc(-c8ccc9c(c8)c8ccccc8n9-c8cc(-c9ccccc9)nc(-c9ccccc9)n8)cc7c56)ccc3n4-c3ccccc3)ccc1C2Cc1ccccc1. The molecular formula is C78H52N4O. The zero-order valence-electron chi connectivity index (χ0n) is 45.3. The van der Waals surface area contributed by atoms with Crippen LogP contribution in [0.25, 0.3) is 139 Å².